The van der Waals surface area contributed by atoms with Gasteiger partial charge in [0, 0.05) is 26.3 Å². The van der Waals surface area contributed by atoms with Gasteiger partial charge in [0.05, 0.1) is 28.2 Å². The third-order valence-corrected chi connectivity index (χ3v) is 5.53. The van der Waals surface area contributed by atoms with Crippen LogP contribution in [0.25, 0.3) is 22.1 Å². The van der Waals surface area contributed by atoms with E-state index in [1.807, 2.05) is 0 Å². The number of benzene rings is 2. The maximum absolute atomic E-state index is 12.3. The molecule has 0 saturated heterocycles. The van der Waals surface area contributed by atoms with Crippen molar-refractivity contribution < 1.29 is 19.7 Å². The Kier molecular flexibility index (Phi) is 9.52. The van der Waals surface area contributed by atoms with Crippen LogP contribution in [-0.2, 0) is 17.8 Å². The van der Waals surface area contributed by atoms with Crippen molar-refractivity contribution in [2.24, 2.45) is 0 Å². The van der Waals surface area contributed by atoms with Crippen LogP contribution in [0.4, 0.5) is 4.79 Å². The molecule has 0 unspecified atom stereocenters. The van der Waals surface area contributed by atoms with Crippen LogP contribution >= 0.6 is 0 Å². The van der Waals surface area contributed by atoms with E-state index >= 15 is 0 Å². The lowest BCUT2D eigenvalue weighted by atomic mass is 10.2. The van der Waals surface area contributed by atoms with E-state index in [1.54, 1.807) is 62.4 Å². The van der Waals surface area contributed by atoms with Gasteiger partial charge in [-0.15, -0.1) is 0 Å². The van der Waals surface area contributed by atoms with E-state index in [1.165, 1.54) is 9.13 Å². The van der Waals surface area contributed by atoms with E-state index in [-0.39, 0.29) is 19.8 Å². The number of hydrogen-bond acceptors (Lipinski definition) is 8. The molecule has 0 spiro atoms. The van der Waals surface area contributed by atoms with E-state index in [9.17, 15) is 24.0 Å². The summed E-state index contributed by atoms with van der Waals surface area (Å²) < 4.78 is 8.46. The van der Waals surface area contributed by atoms with Gasteiger partial charge in [-0.3, -0.25) is 19.2 Å². The fourth-order valence-electron chi connectivity index (χ4n) is 3.87. The highest BCUT2D eigenvalue weighted by Gasteiger charge is 2.19. The van der Waals surface area contributed by atoms with Gasteiger partial charge in [-0.1, -0.05) is 24.3 Å². The first-order valence-corrected chi connectivity index (χ1v) is 12.1. The van der Waals surface area contributed by atoms with Crippen LogP contribution in [0.5, 0.6) is 0 Å². The minimum atomic E-state index is -0.956. The van der Waals surface area contributed by atoms with Crippen LogP contribution in [0.1, 0.15) is 26.7 Å². The minimum absolute atomic E-state index is 0.00638. The molecule has 0 aliphatic rings. The number of fused-ring (bicyclic) bond motifs is 2. The number of nitrogens with one attached hydrogen (secondary N) is 1. The second-order valence-electron chi connectivity index (χ2n) is 8.60. The molecule has 0 aliphatic heterocycles. The first-order chi connectivity index (χ1) is 18.2. The molecule has 2 aromatic heterocycles. The Bertz CT molecular complexity index is 1660. The number of hydrogen-bond donors (Lipinski definition) is 3. The zero-order valence-corrected chi connectivity index (χ0v) is 21.1. The van der Waals surface area contributed by atoms with E-state index in [4.69, 9.17) is 14.9 Å². The SMILES string of the molecule is CC(C)OC(=O)n1c(=O)c(=O)n(CCCO)c2ccccc21.O=c1[nH]c2ccccc2n(CCCO)c1=O. The number of ether oxygens (including phenoxy) is 1. The molecule has 12 heteroatoms. The summed E-state index contributed by atoms with van der Waals surface area (Å²) in [5.74, 6) is 0. The van der Waals surface area contributed by atoms with Gasteiger partial charge in [0.15, 0.2) is 0 Å². The molecule has 2 aromatic carbocycles. The van der Waals surface area contributed by atoms with E-state index in [0.29, 0.717) is 41.5 Å². The predicted molar refractivity (Wildman–Crippen MR) is 142 cm³/mol. The third-order valence-electron chi connectivity index (χ3n) is 5.53. The molecule has 0 bridgehead atoms. The summed E-state index contributed by atoms with van der Waals surface area (Å²) in [7, 11) is 0. The first kappa shape index (κ1) is 28.3. The third kappa shape index (κ3) is 6.15. The lowest BCUT2D eigenvalue weighted by molar-refractivity contribution is 0.117. The Morgan fingerprint density at radius 3 is 1.89 bits per heavy atom. The number of nitrogens with zero attached hydrogens (tertiary/aromatic N) is 3. The molecule has 0 saturated carbocycles. The molecular weight excluding hydrogens is 496 g/mol. The molecule has 12 nitrogen and oxygen atoms in total. The molecule has 2 heterocycles. The standard InChI is InChI=1S/C15H18N2O5.C11H12N2O3/c1-10(2)22-15(21)17-12-7-4-3-6-11(12)16(8-5-9-18)13(19)14(17)20;14-7-3-6-13-9-5-2-1-4-8(9)12-10(15)11(13)16/h3-4,6-7,10,18H,5,8-9H2,1-2H3;1-2,4-5,14H,3,6-7H2,(H,12,15). The second-order valence-corrected chi connectivity index (χ2v) is 8.60. The summed E-state index contributed by atoms with van der Waals surface area (Å²) in [6.45, 7) is 3.76. The molecule has 0 radical (unpaired) electrons. The van der Waals surface area contributed by atoms with Crippen molar-refractivity contribution in [1.82, 2.24) is 18.7 Å². The Morgan fingerprint density at radius 1 is 0.789 bits per heavy atom. The number of aliphatic hydroxyl groups excluding tert-OH is 2. The van der Waals surface area contributed by atoms with Gasteiger partial charge in [-0.05, 0) is 51.0 Å². The van der Waals surface area contributed by atoms with Crippen LogP contribution < -0.4 is 22.2 Å². The molecular formula is C26H30N4O8. The average Bonchev–Trinajstić information content (AvgIpc) is 2.89. The molecule has 3 N–H and O–H groups in total. The van der Waals surface area contributed by atoms with Gasteiger partial charge in [0.2, 0.25) is 0 Å². The van der Waals surface area contributed by atoms with Gasteiger partial charge >= 0.3 is 28.3 Å². The summed E-state index contributed by atoms with van der Waals surface area (Å²) >= 11 is 0. The monoisotopic (exact) mass is 526 g/mol. The van der Waals surface area contributed by atoms with E-state index in [2.05, 4.69) is 4.98 Å². The van der Waals surface area contributed by atoms with Crippen LogP contribution in [-0.4, -0.2) is 54.3 Å². The summed E-state index contributed by atoms with van der Waals surface area (Å²) in [6, 6.07) is 13.7. The predicted octanol–water partition coefficient (Wildman–Crippen LogP) is 1.01. The molecule has 0 amide bonds. The first-order valence-electron chi connectivity index (χ1n) is 12.1. The summed E-state index contributed by atoms with van der Waals surface area (Å²) in [6.07, 6.45) is -0.491. The van der Waals surface area contributed by atoms with Crippen molar-refractivity contribution >= 4 is 28.2 Å². The van der Waals surface area contributed by atoms with Crippen molar-refractivity contribution in [3.8, 4) is 0 Å². The van der Waals surface area contributed by atoms with Gasteiger partial charge < -0.3 is 29.1 Å². The van der Waals surface area contributed by atoms with Gasteiger partial charge in [0.25, 0.3) is 0 Å². The zero-order chi connectivity index (χ0) is 27.8. The van der Waals surface area contributed by atoms with E-state index in [0.717, 1.165) is 4.57 Å². The van der Waals surface area contributed by atoms with Crippen LogP contribution in [0, 0.1) is 0 Å². The Balaban J connectivity index is 0.000000221. The smallest absolute Gasteiger partial charge is 0.421 e. The van der Waals surface area contributed by atoms with Crippen molar-refractivity contribution in [3.05, 3.63) is 89.9 Å². The summed E-state index contributed by atoms with van der Waals surface area (Å²) in [5.41, 5.74) is -0.915. The summed E-state index contributed by atoms with van der Waals surface area (Å²) in [5, 5.41) is 17.7. The van der Waals surface area contributed by atoms with Crippen molar-refractivity contribution in [2.45, 2.75) is 45.9 Å². The number of rotatable bonds is 7. The fourth-order valence-corrected chi connectivity index (χ4v) is 3.87. The number of para-hydroxylation sites is 4. The van der Waals surface area contributed by atoms with Crippen molar-refractivity contribution in [3.63, 3.8) is 0 Å². The number of aromatic nitrogens is 4. The topological polar surface area (TPSA) is 166 Å². The molecule has 0 atom stereocenters. The molecule has 4 rings (SSSR count). The normalized spacial score (nSPS) is 11.0. The van der Waals surface area contributed by atoms with Crippen LogP contribution in [0.3, 0.4) is 0 Å². The number of carbonyl (C=O) groups excluding carboxylic acids is 1. The largest absolute Gasteiger partial charge is 0.446 e. The Labute approximate surface area is 216 Å². The minimum Gasteiger partial charge on any atom is -0.446 e. The molecule has 0 fully saturated rings. The maximum Gasteiger partial charge on any atom is 0.421 e. The van der Waals surface area contributed by atoms with Gasteiger partial charge in [0.1, 0.15) is 0 Å². The fraction of sp³-hybridized carbons (Fsp3) is 0.346. The Morgan fingerprint density at radius 2 is 1.32 bits per heavy atom. The number of carbonyl (C=O) groups is 1. The quantitative estimate of drug-likeness (QED) is 0.300. The Hall–Kier alpha value is -4.29. The lowest BCUT2D eigenvalue weighted by Gasteiger charge is -2.15. The second kappa shape index (κ2) is 12.8. The average molecular weight is 527 g/mol. The highest BCUT2D eigenvalue weighted by atomic mass is 16.6. The van der Waals surface area contributed by atoms with Crippen molar-refractivity contribution in [2.75, 3.05) is 13.2 Å². The number of H-pyrrole nitrogens is 1. The van der Waals surface area contributed by atoms with Gasteiger partial charge in [-0.25, -0.2) is 9.36 Å². The number of aliphatic hydroxyl groups is 2. The van der Waals surface area contributed by atoms with Crippen LogP contribution in [0.2, 0.25) is 0 Å². The lowest BCUT2D eigenvalue weighted by Crippen LogP contribution is -2.44. The highest BCUT2D eigenvalue weighted by Crippen LogP contribution is 2.12. The zero-order valence-electron chi connectivity index (χ0n) is 21.1. The maximum atomic E-state index is 12.3. The molecule has 202 valence electrons. The number of aromatic amines is 1. The number of aryl methyl sites for hydroxylation is 2. The van der Waals surface area contributed by atoms with E-state index < -0.39 is 34.4 Å². The van der Waals surface area contributed by atoms with Crippen molar-refractivity contribution in [1.29, 1.82) is 0 Å². The molecule has 4 aromatic rings. The molecule has 0 aliphatic carbocycles. The van der Waals surface area contributed by atoms with Crippen LogP contribution in [0.15, 0.2) is 67.7 Å². The van der Waals surface area contributed by atoms with Gasteiger partial charge in [-0.2, -0.15) is 0 Å². The highest BCUT2D eigenvalue weighted by molar-refractivity contribution is 5.85. The molecule has 38 heavy (non-hydrogen) atoms. The summed E-state index contributed by atoms with van der Waals surface area (Å²) in [4.78, 5) is 62.1.